The molecule has 2 aliphatic rings. The van der Waals surface area contributed by atoms with Gasteiger partial charge in [-0.1, -0.05) is 11.6 Å². The summed E-state index contributed by atoms with van der Waals surface area (Å²) in [5.74, 6) is -1.04. The number of nitrogens with one attached hydrogen (secondary N) is 2. The van der Waals surface area contributed by atoms with Gasteiger partial charge in [-0.3, -0.25) is 9.69 Å². The summed E-state index contributed by atoms with van der Waals surface area (Å²) in [6, 6.07) is -0.617. The molecule has 0 spiro atoms. The van der Waals surface area contributed by atoms with E-state index in [2.05, 4.69) is 20.3 Å². The zero-order valence-corrected chi connectivity index (χ0v) is 15.0. The van der Waals surface area contributed by atoms with Gasteiger partial charge >= 0.3 is 6.09 Å². The molecular weight excluding hydrogens is 381 g/mol. The lowest BCUT2D eigenvalue weighted by Gasteiger charge is -2.41. The Labute approximate surface area is 157 Å². The standard InChI is InChI=1S/C16H17ClFN5O4/c1-6(11-8-3-2-7(4-19-11)23(8)16(25)26)27-15-9-12(10(18)13(17)22-15)20-5-21-14(9)24/h5-8,11,19H,2-4H2,1H3,(H,25,26)(H,20,21,24)/t6-,7-,8+,11-/m0/s1. The topological polar surface area (TPSA) is 120 Å². The Morgan fingerprint density at radius 3 is 3.04 bits per heavy atom. The summed E-state index contributed by atoms with van der Waals surface area (Å²) in [6.07, 6.45) is 1.05. The molecule has 27 heavy (non-hydrogen) atoms. The first kappa shape index (κ1) is 17.9. The molecule has 2 aliphatic heterocycles. The summed E-state index contributed by atoms with van der Waals surface area (Å²) in [7, 11) is 0. The average Bonchev–Trinajstić information content (AvgIpc) is 2.93. The molecule has 4 rings (SSSR count). The normalized spacial score (nSPS) is 25.6. The van der Waals surface area contributed by atoms with Gasteiger partial charge in [0.1, 0.15) is 17.0 Å². The predicted octanol–water partition coefficient (Wildman–Crippen LogP) is 1.36. The number of ether oxygens (including phenoxy) is 1. The molecule has 0 unspecified atom stereocenters. The van der Waals surface area contributed by atoms with Gasteiger partial charge in [-0.2, -0.15) is 4.98 Å². The van der Waals surface area contributed by atoms with Crippen molar-refractivity contribution in [2.24, 2.45) is 0 Å². The number of aromatic nitrogens is 3. The molecule has 144 valence electrons. The van der Waals surface area contributed by atoms with Crippen molar-refractivity contribution >= 4 is 28.6 Å². The van der Waals surface area contributed by atoms with E-state index in [1.165, 1.54) is 4.90 Å². The minimum absolute atomic E-state index is 0.0535. The maximum Gasteiger partial charge on any atom is 0.407 e. The number of fused-ring (bicyclic) bond motifs is 3. The Balaban J connectivity index is 1.68. The summed E-state index contributed by atoms with van der Waals surface area (Å²) in [5.41, 5.74) is -0.833. The lowest BCUT2D eigenvalue weighted by molar-refractivity contribution is 0.0543. The molecule has 0 radical (unpaired) electrons. The number of hydrogen-bond acceptors (Lipinski definition) is 6. The highest BCUT2D eigenvalue weighted by atomic mass is 35.5. The van der Waals surface area contributed by atoms with E-state index >= 15 is 0 Å². The molecule has 2 saturated heterocycles. The summed E-state index contributed by atoms with van der Waals surface area (Å²) in [5, 5.41) is 12.2. The van der Waals surface area contributed by atoms with E-state index in [9.17, 15) is 19.1 Å². The van der Waals surface area contributed by atoms with Crippen LogP contribution < -0.4 is 15.6 Å². The Morgan fingerprint density at radius 2 is 2.30 bits per heavy atom. The van der Waals surface area contributed by atoms with E-state index in [1.54, 1.807) is 6.92 Å². The van der Waals surface area contributed by atoms with E-state index in [1.807, 2.05) is 0 Å². The van der Waals surface area contributed by atoms with Crippen LogP contribution in [0.1, 0.15) is 19.8 Å². The molecule has 2 bridgehead atoms. The fourth-order valence-corrected chi connectivity index (χ4v) is 4.21. The zero-order chi connectivity index (χ0) is 19.3. The summed E-state index contributed by atoms with van der Waals surface area (Å²) in [6.45, 7) is 2.26. The highest BCUT2D eigenvalue weighted by Crippen LogP contribution is 2.33. The van der Waals surface area contributed by atoms with Gasteiger partial charge in [0.15, 0.2) is 11.0 Å². The highest BCUT2D eigenvalue weighted by Gasteiger charge is 2.47. The maximum absolute atomic E-state index is 14.2. The Kier molecular flexibility index (Phi) is 4.39. The van der Waals surface area contributed by atoms with Gasteiger partial charge in [0.25, 0.3) is 5.56 Å². The number of carboxylic acid groups (broad SMARTS) is 1. The number of rotatable bonds is 3. The van der Waals surface area contributed by atoms with Crippen LogP contribution in [0.25, 0.3) is 10.9 Å². The number of carbonyl (C=O) groups is 1. The molecule has 4 atom stereocenters. The average molecular weight is 398 g/mol. The predicted molar refractivity (Wildman–Crippen MR) is 93.7 cm³/mol. The van der Waals surface area contributed by atoms with Gasteiger partial charge in [-0.05, 0) is 19.8 Å². The first-order valence-corrected chi connectivity index (χ1v) is 8.90. The smallest absolute Gasteiger partial charge is 0.407 e. The van der Waals surface area contributed by atoms with Crippen molar-refractivity contribution in [1.29, 1.82) is 0 Å². The maximum atomic E-state index is 14.2. The molecule has 11 heteroatoms. The molecule has 1 amide bonds. The molecule has 0 aliphatic carbocycles. The van der Waals surface area contributed by atoms with Crippen LogP contribution in [0.5, 0.6) is 5.88 Å². The van der Waals surface area contributed by atoms with Crippen LogP contribution in [0.4, 0.5) is 9.18 Å². The Morgan fingerprint density at radius 1 is 1.52 bits per heavy atom. The summed E-state index contributed by atoms with van der Waals surface area (Å²) in [4.78, 5) is 35.2. The van der Waals surface area contributed by atoms with E-state index in [0.717, 1.165) is 12.7 Å². The van der Waals surface area contributed by atoms with Crippen molar-refractivity contribution < 1.29 is 19.0 Å². The third-order valence-corrected chi connectivity index (χ3v) is 5.48. The summed E-state index contributed by atoms with van der Waals surface area (Å²) < 4.78 is 20.0. The molecule has 2 aromatic rings. The van der Waals surface area contributed by atoms with Crippen molar-refractivity contribution in [3.8, 4) is 5.88 Å². The lowest BCUT2D eigenvalue weighted by atomic mass is 10.0. The fraction of sp³-hybridized carbons (Fsp3) is 0.500. The number of nitrogens with zero attached hydrogens (tertiary/aromatic N) is 3. The molecule has 2 fully saturated rings. The molecule has 0 aromatic carbocycles. The molecule has 3 N–H and O–H groups in total. The van der Waals surface area contributed by atoms with E-state index in [4.69, 9.17) is 16.3 Å². The van der Waals surface area contributed by atoms with Crippen LogP contribution in [0.15, 0.2) is 11.1 Å². The number of halogens is 2. The minimum atomic E-state index is -0.963. The minimum Gasteiger partial charge on any atom is -0.472 e. The molecule has 9 nitrogen and oxygen atoms in total. The second kappa shape index (κ2) is 6.61. The van der Waals surface area contributed by atoms with Crippen LogP contribution in [-0.2, 0) is 0 Å². The fourth-order valence-electron chi connectivity index (χ4n) is 4.04. The quantitative estimate of drug-likeness (QED) is 0.669. The second-order valence-corrected chi connectivity index (χ2v) is 7.08. The van der Waals surface area contributed by atoms with Crippen LogP contribution in [0.3, 0.4) is 0 Å². The number of amides is 1. The van der Waals surface area contributed by atoms with Crippen LogP contribution in [0, 0.1) is 5.82 Å². The first-order chi connectivity index (χ1) is 12.9. The van der Waals surface area contributed by atoms with Crippen LogP contribution in [0.2, 0.25) is 5.15 Å². The molecular formula is C16H17ClFN5O4. The van der Waals surface area contributed by atoms with Crippen molar-refractivity contribution in [3.63, 3.8) is 0 Å². The van der Waals surface area contributed by atoms with Gasteiger partial charge in [-0.15, -0.1) is 0 Å². The van der Waals surface area contributed by atoms with Gasteiger partial charge in [0.2, 0.25) is 5.88 Å². The zero-order valence-electron chi connectivity index (χ0n) is 14.3. The second-order valence-electron chi connectivity index (χ2n) is 6.72. The van der Waals surface area contributed by atoms with Crippen molar-refractivity contribution in [3.05, 3.63) is 27.7 Å². The molecule has 2 aromatic heterocycles. The van der Waals surface area contributed by atoms with E-state index in [-0.39, 0.29) is 34.9 Å². The van der Waals surface area contributed by atoms with Gasteiger partial charge in [0.05, 0.1) is 18.4 Å². The van der Waals surface area contributed by atoms with Crippen molar-refractivity contribution in [2.45, 2.75) is 44.0 Å². The number of pyridine rings is 1. The van der Waals surface area contributed by atoms with Gasteiger partial charge < -0.3 is 20.1 Å². The first-order valence-electron chi connectivity index (χ1n) is 8.52. The molecule has 0 saturated carbocycles. The van der Waals surface area contributed by atoms with Gasteiger partial charge in [0, 0.05) is 12.6 Å². The number of hydrogen-bond donors (Lipinski definition) is 3. The monoisotopic (exact) mass is 397 g/mol. The largest absolute Gasteiger partial charge is 0.472 e. The number of piperazine rings is 1. The van der Waals surface area contributed by atoms with Crippen LogP contribution >= 0.6 is 11.6 Å². The SMILES string of the molecule is C[C@H](Oc1nc(Cl)c(F)c2nc[nH]c(=O)c12)[C@@H]1NC[C@@H]2CC[C@H]1N2C(=O)O. The Bertz CT molecular complexity index is 970. The molecule has 4 heterocycles. The highest BCUT2D eigenvalue weighted by molar-refractivity contribution is 6.30. The Hall–Kier alpha value is -2.46. The third-order valence-electron chi connectivity index (χ3n) is 5.23. The lowest BCUT2D eigenvalue weighted by Crippen LogP contribution is -2.63. The third kappa shape index (κ3) is 2.88. The van der Waals surface area contributed by atoms with Gasteiger partial charge in [-0.25, -0.2) is 14.2 Å². The van der Waals surface area contributed by atoms with Crippen LogP contribution in [-0.4, -0.2) is 61.8 Å². The van der Waals surface area contributed by atoms with Crippen molar-refractivity contribution in [2.75, 3.05) is 6.54 Å². The van der Waals surface area contributed by atoms with E-state index in [0.29, 0.717) is 13.0 Å². The summed E-state index contributed by atoms with van der Waals surface area (Å²) >= 11 is 5.82. The van der Waals surface area contributed by atoms with Crippen molar-refractivity contribution in [1.82, 2.24) is 25.2 Å². The van der Waals surface area contributed by atoms with E-state index < -0.39 is 28.7 Å². The number of aromatic amines is 1. The number of H-pyrrole nitrogens is 1.